The molecule has 2 aromatic rings. The SMILES string of the molecule is N#Cc1nccnc1Nc1ccc(I)cc1Cl. The van der Waals surface area contributed by atoms with Crippen LogP contribution in [0, 0.1) is 14.9 Å². The highest BCUT2D eigenvalue weighted by Crippen LogP contribution is 2.26. The molecule has 6 heteroatoms. The summed E-state index contributed by atoms with van der Waals surface area (Å²) < 4.78 is 1.04. The monoisotopic (exact) mass is 356 g/mol. The van der Waals surface area contributed by atoms with Crippen LogP contribution < -0.4 is 5.32 Å². The fourth-order valence-electron chi connectivity index (χ4n) is 1.23. The van der Waals surface area contributed by atoms with E-state index in [9.17, 15) is 0 Å². The maximum absolute atomic E-state index is 8.88. The number of nitrogens with zero attached hydrogens (tertiary/aromatic N) is 3. The van der Waals surface area contributed by atoms with Crippen LogP contribution in [0.4, 0.5) is 11.5 Å². The molecule has 1 heterocycles. The molecule has 0 aliphatic rings. The van der Waals surface area contributed by atoms with Gasteiger partial charge in [-0.1, -0.05) is 11.6 Å². The molecule has 0 amide bonds. The van der Waals surface area contributed by atoms with E-state index >= 15 is 0 Å². The molecule has 2 rings (SSSR count). The smallest absolute Gasteiger partial charge is 0.183 e. The minimum Gasteiger partial charge on any atom is -0.337 e. The van der Waals surface area contributed by atoms with Crippen LogP contribution >= 0.6 is 34.2 Å². The molecule has 1 aromatic heterocycles. The Bertz CT molecular complexity index is 594. The first-order valence-electron chi connectivity index (χ1n) is 4.64. The van der Waals surface area contributed by atoms with Gasteiger partial charge in [-0.2, -0.15) is 5.26 Å². The minimum atomic E-state index is 0.238. The van der Waals surface area contributed by atoms with Gasteiger partial charge in [-0.15, -0.1) is 0 Å². The Morgan fingerprint density at radius 3 is 2.76 bits per heavy atom. The van der Waals surface area contributed by atoms with E-state index < -0.39 is 0 Å². The van der Waals surface area contributed by atoms with Crippen molar-refractivity contribution in [3.63, 3.8) is 0 Å². The van der Waals surface area contributed by atoms with E-state index in [1.54, 1.807) is 0 Å². The summed E-state index contributed by atoms with van der Waals surface area (Å²) in [5.41, 5.74) is 0.936. The normalized spacial score (nSPS) is 9.71. The second-order valence-electron chi connectivity index (χ2n) is 3.11. The first-order chi connectivity index (χ1) is 8.20. The highest BCUT2D eigenvalue weighted by atomic mass is 127. The van der Waals surface area contributed by atoms with Crippen molar-refractivity contribution in [2.45, 2.75) is 0 Å². The van der Waals surface area contributed by atoms with Gasteiger partial charge in [0.05, 0.1) is 10.7 Å². The van der Waals surface area contributed by atoms with E-state index in [0.717, 1.165) is 3.57 Å². The van der Waals surface area contributed by atoms with E-state index in [2.05, 4.69) is 37.9 Å². The molecule has 1 aromatic carbocycles. The van der Waals surface area contributed by atoms with Crippen molar-refractivity contribution in [3.05, 3.63) is 44.9 Å². The highest BCUT2D eigenvalue weighted by Gasteiger charge is 2.07. The van der Waals surface area contributed by atoms with Crippen molar-refractivity contribution >= 4 is 45.7 Å². The van der Waals surface area contributed by atoms with Crippen LogP contribution in [-0.2, 0) is 0 Å². The number of anilines is 2. The molecule has 0 unspecified atom stereocenters. The third-order valence-corrected chi connectivity index (χ3v) is 2.97. The van der Waals surface area contributed by atoms with Gasteiger partial charge in [0.15, 0.2) is 11.5 Å². The standard InChI is InChI=1S/C11H6ClIN4/c12-8-5-7(13)1-2-9(8)17-11-10(6-14)15-3-4-16-11/h1-5H,(H,16,17). The van der Waals surface area contributed by atoms with E-state index in [1.165, 1.54) is 12.4 Å². The lowest BCUT2D eigenvalue weighted by Gasteiger charge is -2.08. The summed E-state index contributed by atoms with van der Waals surface area (Å²) in [4.78, 5) is 7.96. The lowest BCUT2D eigenvalue weighted by Crippen LogP contribution is -1.99. The van der Waals surface area contributed by atoms with Crippen molar-refractivity contribution < 1.29 is 0 Å². The Morgan fingerprint density at radius 1 is 1.29 bits per heavy atom. The molecule has 0 saturated heterocycles. The summed E-state index contributed by atoms with van der Waals surface area (Å²) in [5, 5.41) is 12.4. The maximum Gasteiger partial charge on any atom is 0.183 e. The Balaban J connectivity index is 2.35. The van der Waals surface area contributed by atoms with Gasteiger partial charge in [-0.3, -0.25) is 0 Å². The molecule has 0 aliphatic heterocycles. The Morgan fingerprint density at radius 2 is 2.06 bits per heavy atom. The molecule has 4 nitrogen and oxygen atoms in total. The van der Waals surface area contributed by atoms with Gasteiger partial charge in [0.25, 0.3) is 0 Å². The largest absolute Gasteiger partial charge is 0.337 e. The highest BCUT2D eigenvalue weighted by molar-refractivity contribution is 14.1. The lowest BCUT2D eigenvalue weighted by molar-refractivity contribution is 1.16. The average molecular weight is 357 g/mol. The molecule has 0 bridgehead atoms. The second kappa shape index (κ2) is 5.29. The van der Waals surface area contributed by atoms with Gasteiger partial charge in [-0.25, -0.2) is 9.97 Å². The van der Waals surface area contributed by atoms with E-state index in [4.69, 9.17) is 16.9 Å². The molecular formula is C11H6ClIN4. The number of benzene rings is 1. The zero-order valence-electron chi connectivity index (χ0n) is 8.48. The molecule has 1 N–H and O–H groups in total. The third kappa shape index (κ3) is 2.84. The van der Waals surface area contributed by atoms with Gasteiger partial charge in [0, 0.05) is 16.0 Å². The Labute approximate surface area is 117 Å². The van der Waals surface area contributed by atoms with Crippen molar-refractivity contribution in [1.29, 1.82) is 5.26 Å². The van der Waals surface area contributed by atoms with E-state index in [1.807, 2.05) is 24.3 Å². The van der Waals surface area contributed by atoms with Crippen LogP contribution in [-0.4, -0.2) is 9.97 Å². The number of nitriles is 1. The zero-order valence-corrected chi connectivity index (χ0v) is 11.4. The summed E-state index contributed by atoms with van der Waals surface area (Å²) in [5.74, 6) is 0.401. The maximum atomic E-state index is 8.88. The fraction of sp³-hybridized carbons (Fsp3) is 0. The fourth-order valence-corrected chi connectivity index (χ4v) is 2.13. The molecule has 84 valence electrons. The predicted molar refractivity (Wildman–Crippen MR) is 74.2 cm³/mol. The molecule has 0 fully saturated rings. The van der Waals surface area contributed by atoms with E-state index in [0.29, 0.717) is 16.5 Å². The van der Waals surface area contributed by atoms with Gasteiger partial charge in [-0.05, 0) is 40.8 Å². The zero-order chi connectivity index (χ0) is 12.3. The summed E-state index contributed by atoms with van der Waals surface area (Å²) in [6.07, 6.45) is 2.99. The molecule has 0 atom stereocenters. The van der Waals surface area contributed by atoms with Crippen molar-refractivity contribution in [1.82, 2.24) is 9.97 Å². The number of nitrogens with one attached hydrogen (secondary N) is 1. The van der Waals surface area contributed by atoms with Crippen molar-refractivity contribution in [3.8, 4) is 6.07 Å². The quantitative estimate of drug-likeness (QED) is 0.838. The second-order valence-corrected chi connectivity index (χ2v) is 4.77. The topological polar surface area (TPSA) is 61.6 Å². The van der Waals surface area contributed by atoms with Crippen LogP contribution in [0.3, 0.4) is 0 Å². The van der Waals surface area contributed by atoms with Gasteiger partial charge in [0.2, 0.25) is 0 Å². The predicted octanol–water partition coefficient (Wildman–Crippen LogP) is 3.35. The molecule has 0 radical (unpaired) electrons. The van der Waals surface area contributed by atoms with Crippen molar-refractivity contribution in [2.75, 3.05) is 5.32 Å². The lowest BCUT2D eigenvalue weighted by atomic mass is 10.3. The average Bonchev–Trinajstić information content (AvgIpc) is 2.33. The van der Waals surface area contributed by atoms with Crippen LogP contribution in [0.5, 0.6) is 0 Å². The first-order valence-corrected chi connectivity index (χ1v) is 6.09. The van der Waals surface area contributed by atoms with Crippen LogP contribution in [0.1, 0.15) is 5.69 Å². The van der Waals surface area contributed by atoms with Crippen LogP contribution in [0.2, 0.25) is 5.02 Å². The van der Waals surface area contributed by atoms with E-state index in [-0.39, 0.29) is 5.69 Å². The minimum absolute atomic E-state index is 0.238. The Kier molecular flexibility index (Phi) is 3.76. The van der Waals surface area contributed by atoms with Gasteiger partial charge < -0.3 is 5.32 Å². The third-order valence-electron chi connectivity index (χ3n) is 1.99. The molecular weight excluding hydrogens is 351 g/mol. The number of aromatic nitrogens is 2. The molecule has 0 saturated carbocycles. The van der Waals surface area contributed by atoms with Gasteiger partial charge in [0.1, 0.15) is 6.07 Å². The molecule has 0 aliphatic carbocycles. The number of hydrogen-bond donors (Lipinski definition) is 1. The Hall–Kier alpha value is -1.39. The first kappa shape index (κ1) is 12.1. The summed E-state index contributed by atoms with van der Waals surface area (Å²) in [6, 6.07) is 7.54. The number of rotatable bonds is 2. The molecule has 0 spiro atoms. The summed E-state index contributed by atoms with van der Waals surface area (Å²) in [7, 11) is 0. The van der Waals surface area contributed by atoms with Crippen LogP contribution in [0.15, 0.2) is 30.6 Å². The number of halogens is 2. The van der Waals surface area contributed by atoms with Gasteiger partial charge >= 0.3 is 0 Å². The summed E-state index contributed by atoms with van der Waals surface area (Å²) >= 11 is 8.25. The molecule has 17 heavy (non-hydrogen) atoms. The van der Waals surface area contributed by atoms with Crippen molar-refractivity contribution in [2.24, 2.45) is 0 Å². The summed E-state index contributed by atoms with van der Waals surface area (Å²) in [6.45, 7) is 0. The van der Waals surface area contributed by atoms with Crippen LogP contribution in [0.25, 0.3) is 0 Å². The number of hydrogen-bond acceptors (Lipinski definition) is 4.